The minimum atomic E-state index is -0.319. The van der Waals surface area contributed by atoms with Crippen LogP contribution < -0.4 is 15.5 Å². The molecule has 0 aromatic heterocycles. The Balaban J connectivity index is 1.76. The van der Waals surface area contributed by atoms with Gasteiger partial charge in [0.05, 0.1) is 19.0 Å². The molecular weight excluding hydrogens is 342 g/mol. The van der Waals surface area contributed by atoms with Gasteiger partial charge in [-0.25, -0.2) is 5.43 Å². The predicted molar refractivity (Wildman–Crippen MR) is 107 cm³/mol. The highest BCUT2D eigenvalue weighted by Crippen LogP contribution is 2.23. The number of benzene rings is 2. The number of amides is 2. The van der Waals surface area contributed by atoms with Crippen molar-refractivity contribution in [3.63, 3.8) is 0 Å². The summed E-state index contributed by atoms with van der Waals surface area (Å²) in [7, 11) is 1.53. The van der Waals surface area contributed by atoms with Crippen molar-refractivity contribution in [3.8, 4) is 5.75 Å². The number of para-hydroxylation sites is 2. The number of ether oxygens (including phenoxy) is 1. The number of anilines is 1. The number of nitrogens with zero attached hydrogens (tertiary/aromatic N) is 1. The third-order valence-corrected chi connectivity index (χ3v) is 3.97. The molecule has 2 aromatic rings. The van der Waals surface area contributed by atoms with E-state index in [1.807, 2.05) is 30.3 Å². The topological polar surface area (TPSA) is 79.8 Å². The van der Waals surface area contributed by atoms with Gasteiger partial charge in [-0.3, -0.25) is 9.59 Å². The molecule has 0 atom stereocenters. The fourth-order valence-corrected chi connectivity index (χ4v) is 2.39. The van der Waals surface area contributed by atoms with Gasteiger partial charge in [0.2, 0.25) is 11.8 Å². The van der Waals surface area contributed by atoms with E-state index in [0.717, 1.165) is 5.56 Å². The molecule has 0 aliphatic carbocycles. The molecule has 0 heterocycles. The van der Waals surface area contributed by atoms with E-state index < -0.39 is 0 Å². The predicted octanol–water partition coefficient (Wildman–Crippen LogP) is 3.69. The van der Waals surface area contributed by atoms with E-state index in [1.165, 1.54) is 12.7 Å². The number of hydrogen-bond acceptors (Lipinski definition) is 4. The van der Waals surface area contributed by atoms with Gasteiger partial charge in [-0.2, -0.15) is 5.10 Å². The Hall–Kier alpha value is -3.15. The van der Waals surface area contributed by atoms with Gasteiger partial charge in [0, 0.05) is 12.8 Å². The van der Waals surface area contributed by atoms with E-state index in [-0.39, 0.29) is 24.7 Å². The average molecular weight is 367 g/mol. The van der Waals surface area contributed by atoms with Gasteiger partial charge >= 0.3 is 0 Å². The van der Waals surface area contributed by atoms with E-state index >= 15 is 0 Å². The van der Waals surface area contributed by atoms with Gasteiger partial charge in [0.1, 0.15) is 5.75 Å². The van der Waals surface area contributed by atoms with Gasteiger partial charge in [-0.15, -0.1) is 0 Å². The maximum Gasteiger partial charge on any atom is 0.240 e. The second-order valence-electron chi connectivity index (χ2n) is 6.36. The molecule has 0 saturated heterocycles. The highest BCUT2D eigenvalue weighted by Gasteiger charge is 2.09. The highest BCUT2D eigenvalue weighted by molar-refractivity contribution is 5.94. The molecule has 6 nitrogen and oxygen atoms in total. The van der Waals surface area contributed by atoms with Crippen molar-refractivity contribution in [1.29, 1.82) is 0 Å². The molecule has 0 aliphatic rings. The SMILES string of the molecule is COc1ccccc1NC(=O)CCC(=O)N/N=C/c1ccc(C(C)C)cc1. The Morgan fingerprint density at radius 3 is 2.37 bits per heavy atom. The van der Waals surface area contributed by atoms with Crippen LogP contribution in [0, 0.1) is 0 Å². The molecule has 0 saturated carbocycles. The zero-order valence-electron chi connectivity index (χ0n) is 15.9. The summed E-state index contributed by atoms with van der Waals surface area (Å²) in [5.74, 6) is 0.462. The summed E-state index contributed by atoms with van der Waals surface area (Å²) < 4.78 is 5.17. The molecule has 0 spiro atoms. The van der Waals surface area contributed by atoms with Crippen molar-refractivity contribution >= 4 is 23.7 Å². The second kappa shape index (κ2) is 10.1. The molecule has 0 unspecified atom stereocenters. The Morgan fingerprint density at radius 2 is 1.70 bits per heavy atom. The molecule has 0 radical (unpaired) electrons. The first-order valence-corrected chi connectivity index (χ1v) is 8.84. The van der Waals surface area contributed by atoms with Crippen LogP contribution in [-0.2, 0) is 9.59 Å². The van der Waals surface area contributed by atoms with Crippen molar-refractivity contribution in [3.05, 3.63) is 59.7 Å². The smallest absolute Gasteiger partial charge is 0.240 e. The van der Waals surface area contributed by atoms with E-state index in [0.29, 0.717) is 17.4 Å². The van der Waals surface area contributed by atoms with Crippen LogP contribution >= 0.6 is 0 Å². The number of hydrogen-bond donors (Lipinski definition) is 2. The summed E-state index contributed by atoms with van der Waals surface area (Å²) >= 11 is 0. The summed E-state index contributed by atoms with van der Waals surface area (Å²) in [4.78, 5) is 23.8. The maximum absolute atomic E-state index is 12.0. The molecule has 2 rings (SSSR count). The summed E-state index contributed by atoms with van der Waals surface area (Å²) in [5, 5.41) is 6.66. The summed E-state index contributed by atoms with van der Waals surface area (Å²) in [6.07, 6.45) is 1.68. The standard InChI is InChI=1S/C21H25N3O3/c1-15(2)17-10-8-16(9-11-17)14-22-24-21(26)13-12-20(25)23-18-6-4-5-7-19(18)27-3/h4-11,14-15H,12-13H2,1-3H3,(H,23,25)(H,24,26)/b22-14+. The quantitative estimate of drug-likeness (QED) is 0.552. The fourth-order valence-electron chi connectivity index (χ4n) is 2.39. The lowest BCUT2D eigenvalue weighted by molar-refractivity contribution is -0.124. The minimum Gasteiger partial charge on any atom is -0.495 e. The number of rotatable bonds is 8. The van der Waals surface area contributed by atoms with E-state index in [1.54, 1.807) is 24.4 Å². The first-order valence-electron chi connectivity index (χ1n) is 8.84. The Kier molecular flexibility index (Phi) is 7.55. The number of carbonyl (C=O) groups is 2. The van der Waals surface area contributed by atoms with Gasteiger partial charge in [-0.1, -0.05) is 50.2 Å². The molecule has 2 amide bonds. The van der Waals surface area contributed by atoms with Crippen molar-refractivity contribution in [2.24, 2.45) is 5.10 Å². The number of carbonyl (C=O) groups excluding carboxylic acids is 2. The average Bonchev–Trinajstić information content (AvgIpc) is 2.67. The molecule has 0 aliphatic heterocycles. The molecule has 2 N–H and O–H groups in total. The van der Waals surface area contributed by atoms with Crippen LogP contribution in [0.3, 0.4) is 0 Å². The van der Waals surface area contributed by atoms with Crippen molar-refractivity contribution in [2.75, 3.05) is 12.4 Å². The number of hydrazone groups is 1. The Morgan fingerprint density at radius 1 is 1.04 bits per heavy atom. The highest BCUT2D eigenvalue weighted by atomic mass is 16.5. The summed E-state index contributed by atoms with van der Waals surface area (Å²) in [5.41, 5.74) is 5.16. The minimum absolute atomic E-state index is 0.0462. The van der Waals surface area contributed by atoms with E-state index in [4.69, 9.17) is 4.74 Å². The molecule has 2 aromatic carbocycles. The monoisotopic (exact) mass is 367 g/mol. The summed E-state index contributed by atoms with van der Waals surface area (Å²) in [6, 6.07) is 15.1. The lowest BCUT2D eigenvalue weighted by Gasteiger charge is -2.09. The third-order valence-electron chi connectivity index (χ3n) is 3.97. The normalized spacial score (nSPS) is 10.8. The van der Waals surface area contributed by atoms with Crippen molar-refractivity contribution < 1.29 is 14.3 Å². The van der Waals surface area contributed by atoms with Gasteiger partial charge in [0.15, 0.2) is 0 Å². The van der Waals surface area contributed by atoms with Gasteiger partial charge in [0.25, 0.3) is 0 Å². The molecule has 0 fully saturated rings. The van der Waals surface area contributed by atoms with Gasteiger partial charge < -0.3 is 10.1 Å². The van der Waals surface area contributed by atoms with Crippen LogP contribution in [0.5, 0.6) is 5.75 Å². The number of methoxy groups -OCH3 is 1. The molecule has 6 heteroatoms. The largest absolute Gasteiger partial charge is 0.495 e. The lowest BCUT2D eigenvalue weighted by Crippen LogP contribution is -2.20. The first-order chi connectivity index (χ1) is 13.0. The Labute approximate surface area is 159 Å². The zero-order valence-corrected chi connectivity index (χ0v) is 15.9. The van der Waals surface area contributed by atoms with Crippen LogP contribution in [0.1, 0.15) is 43.7 Å². The lowest BCUT2D eigenvalue weighted by atomic mass is 10.0. The molecule has 0 bridgehead atoms. The Bertz CT molecular complexity index is 799. The van der Waals surface area contributed by atoms with Crippen LogP contribution in [0.4, 0.5) is 5.69 Å². The first kappa shape index (κ1) is 20.2. The molecule has 27 heavy (non-hydrogen) atoms. The van der Waals surface area contributed by atoms with Crippen LogP contribution in [0.15, 0.2) is 53.6 Å². The van der Waals surface area contributed by atoms with Gasteiger partial charge in [-0.05, 0) is 29.2 Å². The van der Waals surface area contributed by atoms with Crippen LogP contribution in [0.2, 0.25) is 0 Å². The number of nitrogens with one attached hydrogen (secondary N) is 2. The zero-order chi connectivity index (χ0) is 19.6. The fraction of sp³-hybridized carbons (Fsp3) is 0.286. The molecule has 142 valence electrons. The summed E-state index contributed by atoms with van der Waals surface area (Å²) in [6.45, 7) is 4.26. The third kappa shape index (κ3) is 6.58. The van der Waals surface area contributed by atoms with Crippen LogP contribution in [-0.4, -0.2) is 25.1 Å². The second-order valence-corrected chi connectivity index (χ2v) is 6.36. The van der Waals surface area contributed by atoms with Crippen molar-refractivity contribution in [1.82, 2.24) is 5.43 Å². The van der Waals surface area contributed by atoms with E-state index in [9.17, 15) is 9.59 Å². The molecular formula is C21H25N3O3. The van der Waals surface area contributed by atoms with E-state index in [2.05, 4.69) is 29.7 Å². The van der Waals surface area contributed by atoms with Crippen LogP contribution in [0.25, 0.3) is 0 Å². The maximum atomic E-state index is 12.0. The van der Waals surface area contributed by atoms with Crippen molar-refractivity contribution in [2.45, 2.75) is 32.6 Å².